The van der Waals surface area contributed by atoms with Gasteiger partial charge in [0.25, 0.3) is 0 Å². The molecular weight excluding hydrogens is 467 g/mol. The van der Waals surface area contributed by atoms with E-state index in [9.17, 15) is 22.8 Å². The molecule has 2 aromatic carbocycles. The van der Waals surface area contributed by atoms with E-state index in [0.29, 0.717) is 35.9 Å². The fourth-order valence-corrected chi connectivity index (χ4v) is 3.81. The lowest BCUT2D eigenvalue weighted by Crippen LogP contribution is -2.33. The SMILES string of the molecule is Cc1cc(C(=O)COC(=O)c2ccc(OC(F)(F)F)cc2)c(C)n1CC1COc2ccccc2O1. The van der Waals surface area contributed by atoms with Crippen LogP contribution in [0.4, 0.5) is 13.2 Å². The third kappa shape index (κ3) is 5.76. The number of hydrogen-bond acceptors (Lipinski definition) is 6. The summed E-state index contributed by atoms with van der Waals surface area (Å²) in [4.78, 5) is 25.0. The molecule has 0 radical (unpaired) electrons. The largest absolute Gasteiger partial charge is 0.573 e. The van der Waals surface area contributed by atoms with Crippen molar-refractivity contribution in [3.05, 3.63) is 77.1 Å². The van der Waals surface area contributed by atoms with E-state index in [1.807, 2.05) is 35.8 Å². The summed E-state index contributed by atoms with van der Waals surface area (Å²) in [6.45, 7) is 3.96. The van der Waals surface area contributed by atoms with Gasteiger partial charge in [-0.3, -0.25) is 4.79 Å². The Morgan fingerprint density at radius 2 is 1.74 bits per heavy atom. The number of Topliss-reactive ketones (excluding diaryl/α,β-unsaturated/α-hetero) is 1. The molecule has 7 nitrogen and oxygen atoms in total. The maximum absolute atomic E-state index is 12.7. The van der Waals surface area contributed by atoms with Crippen LogP contribution in [0.1, 0.15) is 32.1 Å². The molecule has 10 heteroatoms. The zero-order valence-electron chi connectivity index (χ0n) is 18.9. The lowest BCUT2D eigenvalue weighted by atomic mass is 10.1. The predicted molar refractivity (Wildman–Crippen MR) is 118 cm³/mol. The van der Waals surface area contributed by atoms with Crippen molar-refractivity contribution < 1.29 is 41.7 Å². The molecule has 4 rings (SSSR count). The van der Waals surface area contributed by atoms with Gasteiger partial charge in [-0.15, -0.1) is 13.2 Å². The highest BCUT2D eigenvalue weighted by atomic mass is 19.4. The summed E-state index contributed by atoms with van der Waals surface area (Å²) in [7, 11) is 0. The Bertz CT molecular complexity index is 1230. The topological polar surface area (TPSA) is 76.0 Å². The number of esters is 1. The third-order valence-corrected chi connectivity index (χ3v) is 5.49. The maximum Gasteiger partial charge on any atom is 0.573 e. The average Bonchev–Trinajstić information content (AvgIpc) is 3.10. The first kappa shape index (κ1) is 24.2. The first-order chi connectivity index (χ1) is 16.6. The second-order valence-corrected chi connectivity index (χ2v) is 7.96. The number of aryl methyl sites for hydroxylation is 1. The van der Waals surface area contributed by atoms with Crippen LogP contribution in [0, 0.1) is 13.8 Å². The monoisotopic (exact) mass is 489 g/mol. The van der Waals surface area contributed by atoms with E-state index in [0.717, 1.165) is 30.0 Å². The molecule has 1 atom stereocenters. The van der Waals surface area contributed by atoms with Gasteiger partial charge >= 0.3 is 12.3 Å². The number of para-hydroxylation sites is 2. The van der Waals surface area contributed by atoms with Gasteiger partial charge in [0.1, 0.15) is 12.4 Å². The smallest absolute Gasteiger partial charge is 0.486 e. The molecule has 0 bridgehead atoms. The lowest BCUT2D eigenvalue weighted by Gasteiger charge is -2.27. The number of nitrogens with zero attached hydrogens (tertiary/aromatic N) is 1. The number of hydrogen-bond donors (Lipinski definition) is 0. The Morgan fingerprint density at radius 3 is 2.43 bits per heavy atom. The van der Waals surface area contributed by atoms with Gasteiger partial charge in [-0.05, 0) is 56.3 Å². The standard InChI is InChI=1S/C25H22F3NO6/c1-15-11-20(16(2)29(15)12-19-13-32-22-5-3-4-6-23(22)34-19)21(30)14-33-24(31)17-7-9-18(10-8-17)35-25(26,27)28/h3-11,19H,12-14H2,1-2H3. The van der Waals surface area contributed by atoms with Crippen molar-refractivity contribution in [2.24, 2.45) is 0 Å². The van der Waals surface area contributed by atoms with Gasteiger partial charge in [0, 0.05) is 17.0 Å². The normalized spacial score (nSPS) is 14.9. The quantitative estimate of drug-likeness (QED) is 0.348. The summed E-state index contributed by atoms with van der Waals surface area (Å²) in [5.74, 6) is -0.358. The molecule has 184 valence electrons. The van der Waals surface area contributed by atoms with Crippen molar-refractivity contribution in [1.82, 2.24) is 4.57 Å². The van der Waals surface area contributed by atoms with E-state index in [2.05, 4.69) is 4.74 Å². The minimum absolute atomic E-state index is 0.00692. The van der Waals surface area contributed by atoms with Crippen molar-refractivity contribution in [3.63, 3.8) is 0 Å². The molecule has 0 N–H and O–H groups in total. The molecule has 3 aromatic rings. The van der Waals surface area contributed by atoms with Gasteiger partial charge in [-0.25, -0.2) is 4.79 Å². The maximum atomic E-state index is 12.7. The summed E-state index contributed by atoms with van der Waals surface area (Å²) >= 11 is 0. The van der Waals surface area contributed by atoms with Crippen molar-refractivity contribution in [3.8, 4) is 17.2 Å². The number of aromatic nitrogens is 1. The van der Waals surface area contributed by atoms with Gasteiger partial charge < -0.3 is 23.5 Å². The van der Waals surface area contributed by atoms with E-state index in [4.69, 9.17) is 14.2 Å². The van der Waals surface area contributed by atoms with Crippen LogP contribution in [0.15, 0.2) is 54.6 Å². The Labute approximate surface area is 199 Å². The lowest BCUT2D eigenvalue weighted by molar-refractivity contribution is -0.274. The number of carbonyl (C=O) groups is 2. The molecule has 0 fully saturated rings. The van der Waals surface area contributed by atoms with Crippen LogP contribution < -0.4 is 14.2 Å². The zero-order chi connectivity index (χ0) is 25.2. The number of ether oxygens (including phenoxy) is 4. The first-order valence-electron chi connectivity index (χ1n) is 10.7. The van der Waals surface area contributed by atoms with Crippen LogP contribution in [0.3, 0.4) is 0 Å². The van der Waals surface area contributed by atoms with E-state index in [-0.39, 0.29) is 11.7 Å². The summed E-state index contributed by atoms with van der Waals surface area (Å²) < 4.78 is 59.3. The molecule has 0 aliphatic carbocycles. The first-order valence-corrected chi connectivity index (χ1v) is 10.7. The summed E-state index contributed by atoms with van der Waals surface area (Å²) in [6, 6.07) is 13.4. The van der Waals surface area contributed by atoms with Crippen LogP contribution in [0.25, 0.3) is 0 Å². The Balaban J connectivity index is 1.36. The van der Waals surface area contributed by atoms with Crippen molar-refractivity contribution in [1.29, 1.82) is 0 Å². The Kier molecular flexibility index (Phi) is 6.72. The van der Waals surface area contributed by atoms with Crippen LogP contribution in [-0.4, -0.2) is 42.0 Å². The highest BCUT2D eigenvalue weighted by Crippen LogP contribution is 2.31. The Morgan fingerprint density at radius 1 is 1.06 bits per heavy atom. The fraction of sp³-hybridized carbons (Fsp3) is 0.280. The summed E-state index contributed by atoms with van der Waals surface area (Å²) in [5.41, 5.74) is 1.92. The van der Waals surface area contributed by atoms with Crippen molar-refractivity contribution >= 4 is 11.8 Å². The van der Waals surface area contributed by atoms with Gasteiger partial charge in [0.2, 0.25) is 5.78 Å². The highest BCUT2D eigenvalue weighted by Gasteiger charge is 2.31. The van der Waals surface area contributed by atoms with Crippen LogP contribution >= 0.6 is 0 Å². The second-order valence-electron chi connectivity index (χ2n) is 7.96. The number of benzene rings is 2. The molecule has 1 unspecified atom stereocenters. The molecule has 0 spiro atoms. The molecule has 1 aromatic heterocycles. The number of rotatable bonds is 7. The van der Waals surface area contributed by atoms with E-state index in [1.165, 1.54) is 0 Å². The molecule has 1 aliphatic rings. The number of halogens is 3. The van der Waals surface area contributed by atoms with Gasteiger partial charge in [-0.2, -0.15) is 0 Å². The average molecular weight is 489 g/mol. The minimum Gasteiger partial charge on any atom is -0.486 e. The number of carbonyl (C=O) groups excluding carboxylic acids is 2. The third-order valence-electron chi connectivity index (χ3n) is 5.49. The van der Waals surface area contributed by atoms with Crippen LogP contribution in [0.5, 0.6) is 17.2 Å². The summed E-state index contributed by atoms with van der Waals surface area (Å²) in [5, 5.41) is 0. The molecular formula is C25H22F3NO6. The highest BCUT2D eigenvalue weighted by molar-refractivity contribution is 6.00. The molecule has 35 heavy (non-hydrogen) atoms. The van der Waals surface area contributed by atoms with Crippen LogP contribution in [0.2, 0.25) is 0 Å². The zero-order valence-corrected chi connectivity index (χ0v) is 18.9. The molecule has 0 amide bonds. The molecule has 1 aliphatic heterocycles. The van der Waals surface area contributed by atoms with E-state index < -0.39 is 30.5 Å². The number of ketones is 1. The van der Waals surface area contributed by atoms with Gasteiger partial charge in [0.05, 0.1) is 12.1 Å². The van der Waals surface area contributed by atoms with Crippen molar-refractivity contribution in [2.45, 2.75) is 32.9 Å². The van der Waals surface area contributed by atoms with Gasteiger partial charge in [0.15, 0.2) is 24.2 Å². The van der Waals surface area contributed by atoms with E-state index >= 15 is 0 Å². The number of alkyl halides is 3. The minimum atomic E-state index is -4.83. The molecule has 2 heterocycles. The number of fused-ring (bicyclic) bond motifs is 1. The van der Waals surface area contributed by atoms with E-state index in [1.54, 1.807) is 13.0 Å². The molecule has 0 saturated carbocycles. The fourth-order valence-electron chi connectivity index (χ4n) is 3.81. The second kappa shape index (κ2) is 9.73. The van der Waals surface area contributed by atoms with Gasteiger partial charge in [-0.1, -0.05) is 12.1 Å². The predicted octanol–water partition coefficient (Wildman–Crippen LogP) is 4.88. The molecule has 0 saturated heterocycles. The van der Waals surface area contributed by atoms with Crippen molar-refractivity contribution in [2.75, 3.05) is 13.2 Å². The van der Waals surface area contributed by atoms with Crippen LogP contribution in [-0.2, 0) is 11.3 Å². The summed E-state index contributed by atoms with van der Waals surface area (Å²) in [6.07, 6.45) is -5.08. The Hall–Kier alpha value is -3.95.